The molecule has 0 rings (SSSR count). The number of hydrogen-bond donors (Lipinski definition) is 2. The summed E-state index contributed by atoms with van der Waals surface area (Å²) >= 11 is 0. The molecule has 0 bridgehead atoms. The normalized spacial score (nSPS) is 4.33. The summed E-state index contributed by atoms with van der Waals surface area (Å²) < 4.78 is 0. The number of rotatable bonds is 0. The summed E-state index contributed by atoms with van der Waals surface area (Å²) in [6.07, 6.45) is 1.19. The molecule has 0 saturated carbocycles. The summed E-state index contributed by atoms with van der Waals surface area (Å²) in [6.45, 7) is 3.86. The minimum atomic E-state index is 0. The molecule has 0 fully saturated rings. The van der Waals surface area contributed by atoms with Crippen molar-refractivity contribution in [2.45, 2.75) is 13.8 Å². The first kappa shape index (κ1) is 29.7. The Bertz CT molecular complexity index is 73.1. The van der Waals surface area contributed by atoms with Gasteiger partial charge in [-0.15, -0.1) is 0 Å². The van der Waals surface area contributed by atoms with E-state index in [-0.39, 0.29) is 42.4 Å². The van der Waals surface area contributed by atoms with Crippen LogP contribution in [-0.2, 0) is 26.5 Å². The van der Waals surface area contributed by atoms with E-state index in [0.29, 0.717) is 0 Å². The Morgan fingerprint density at radius 2 is 1.42 bits per heavy atom. The van der Waals surface area contributed by atoms with Gasteiger partial charge in [0.15, 0.2) is 0 Å². The summed E-state index contributed by atoms with van der Waals surface area (Å²) in [5.41, 5.74) is 0. The zero-order chi connectivity index (χ0) is 8.83. The van der Waals surface area contributed by atoms with Crippen LogP contribution in [0.2, 0.25) is 0 Å². The van der Waals surface area contributed by atoms with Crippen LogP contribution in [0.25, 0.3) is 0 Å². The standard InChI is InChI=1S/C2H2NO.2C2H6O.CH3.Ti/c1-3-2-4;2*1-2-3;;/h1H2;2*3H,2H2,1H3;1H3;/q-1;;;-1;+2. The summed E-state index contributed by atoms with van der Waals surface area (Å²) in [6, 6.07) is 0. The molecule has 0 aliphatic heterocycles. The minimum Gasteiger partial charge on any atom is -0.397 e. The average molecular weight is 211 g/mol. The number of nitrogens with zero attached hydrogens (tertiary/aromatic N) is 1. The van der Waals surface area contributed by atoms with E-state index in [1.165, 1.54) is 6.08 Å². The minimum absolute atomic E-state index is 0. The van der Waals surface area contributed by atoms with Crippen LogP contribution < -0.4 is 0 Å². The van der Waals surface area contributed by atoms with E-state index in [2.05, 4.69) is 12.0 Å². The number of aliphatic hydroxyl groups excluding tert-OH is 2. The molecule has 2 N–H and O–H groups in total. The Morgan fingerprint density at radius 3 is 1.42 bits per heavy atom. The maximum atomic E-state index is 8.82. The number of carbonyl (C=O) groups excluding carboxylic acids is 1. The average Bonchev–Trinajstić information content (AvgIpc) is 1.91. The SMILES string of the molecule is CCO.CCO.[CH2-]N=C=O.[CH3-].[Ti+2]. The molecule has 4 nitrogen and oxygen atoms in total. The van der Waals surface area contributed by atoms with E-state index in [4.69, 9.17) is 15.0 Å². The summed E-state index contributed by atoms with van der Waals surface area (Å²) in [5.74, 6) is 0. The van der Waals surface area contributed by atoms with Gasteiger partial charge >= 0.3 is 21.7 Å². The Kier molecular flexibility index (Phi) is 174. The molecule has 0 aromatic heterocycles. The summed E-state index contributed by atoms with van der Waals surface area (Å²) in [7, 11) is 2.81. The third-order valence-corrected chi connectivity index (χ3v) is 0.0645. The van der Waals surface area contributed by atoms with Crippen LogP contribution in [0.1, 0.15) is 13.8 Å². The fourth-order valence-electron chi connectivity index (χ4n) is 0. The Balaban J connectivity index is -0.0000000191. The Hall–Kier alpha value is -0.116. The molecule has 12 heavy (non-hydrogen) atoms. The molecule has 0 unspecified atom stereocenters. The summed E-state index contributed by atoms with van der Waals surface area (Å²) in [4.78, 5) is 11.5. The predicted molar refractivity (Wildman–Crippen MR) is 45.4 cm³/mol. The second-order valence-electron chi connectivity index (χ2n) is 0.882. The van der Waals surface area contributed by atoms with Crippen LogP contribution in [0.15, 0.2) is 4.99 Å². The Morgan fingerprint density at radius 1 is 1.33 bits per heavy atom. The van der Waals surface area contributed by atoms with Gasteiger partial charge in [-0.25, -0.2) is 0 Å². The van der Waals surface area contributed by atoms with Crippen molar-refractivity contribution in [3.63, 3.8) is 0 Å². The van der Waals surface area contributed by atoms with E-state index in [1.54, 1.807) is 13.8 Å². The van der Waals surface area contributed by atoms with Crippen molar-refractivity contribution in [2.24, 2.45) is 4.99 Å². The van der Waals surface area contributed by atoms with E-state index in [1.807, 2.05) is 0 Å². The van der Waals surface area contributed by atoms with Crippen LogP contribution in [0.3, 0.4) is 0 Å². The van der Waals surface area contributed by atoms with Crippen molar-refractivity contribution >= 4 is 6.08 Å². The second-order valence-corrected chi connectivity index (χ2v) is 0.882. The molecule has 0 atom stereocenters. The predicted octanol–water partition coefficient (Wildman–Crippen LogP) is 0.559. The van der Waals surface area contributed by atoms with Crippen molar-refractivity contribution in [3.8, 4) is 0 Å². The van der Waals surface area contributed by atoms with Crippen molar-refractivity contribution in [1.82, 2.24) is 0 Å². The fourth-order valence-corrected chi connectivity index (χ4v) is 0. The van der Waals surface area contributed by atoms with Gasteiger partial charge in [-0.05, 0) is 19.9 Å². The number of aliphatic hydroxyl groups is 2. The van der Waals surface area contributed by atoms with Gasteiger partial charge in [0, 0.05) is 13.2 Å². The molecule has 0 radical (unpaired) electrons. The molecule has 0 aromatic rings. The number of aliphatic imine (C=N–C) groups is 1. The smallest absolute Gasteiger partial charge is 0.397 e. The van der Waals surface area contributed by atoms with Gasteiger partial charge in [0.25, 0.3) is 0 Å². The number of isocyanates is 1. The maximum Gasteiger partial charge on any atom is 2.00 e. The van der Waals surface area contributed by atoms with Gasteiger partial charge in [-0.1, -0.05) is 0 Å². The van der Waals surface area contributed by atoms with Gasteiger partial charge in [0.1, 0.15) is 0 Å². The van der Waals surface area contributed by atoms with Crippen molar-refractivity contribution in [2.75, 3.05) is 13.2 Å². The monoisotopic (exact) mass is 211 g/mol. The van der Waals surface area contributed by atoms with E-state index >= 15 is 0 Å². The summed E-state index contributed by atoms with van der Waals surface area (Å²) in [5, 5.41) is 15.1. The quantitative estimate of drug-likeness (QED) is 0.266. The van der Waals surface area contributed by atoms with Gasteiger partial charge in [-0.2, -0.15) is 7.05 Å². The molecule has 0 heterocycles. The molecule has 5 heteroatoms. The third kappa shape index (κ3) is 998. The molecule has 0 aliphatic carbocycles. The maximum absolute atomic E-state index is 8.82. The van der Waals surface area contributed by atoms with Crippen LogP contribution in [0, 0.1) is 14.5 Å². The molecular formula is C7H17NO3Ti. The number of hydrogen-bond acceptors (Lipinski definition) is 4. The van der Waals surface area contributed by atoms with Gasteiger partial charge in [0.05, 0.1) is 0 Å². The van der Waals surface area contributed by atoms with Crippen molar-refractivity contribution in [3.05, 3.63) is 14.5 Å². The van der Waals surface area contributed by atoms with Gasteiger partial charge < -0.3 is 27.4 Å². The van der Waals surface area contributed by atoms with Crippen LogP contribution in [0.5, 0.6) is 0 Å². The molecule has 72 valence electrons. The first-order chi connectivity index (χ1) is 4.74. The van der Waals surface area contributed by atoms with Crippen LogP contribution in [-0.4, -0.2) is 29.5 Å². The molecular weight excluding hydrogens is 194 g/mol. The first-order valence-electron chi connectivity index (χ1n) is 2.79. The zero-order valence-corrected chi connectivity index (χ0v) is 9.43. The van der Waals surface area contributed by atoms with Crippen molar-refractivity contribution in [1.29, 1.82) is 0 Å². The Labute approximate surface area is 89.6 Å². The van der Waals surface area contributed by atoms with Crippen molar-refractivity contribution < 1.29 is 36.7 Å². The second kappa shape index (κ2) is 70.5. The largest absolute Gasteiger partial charge is 2.00 e. The molecule has 0 aliphatic rings. The van der Waals surface area contributed by atoms with Crippen LogP contribution in [0.4, 0.5) is 0 Å². The topological polar surface area (TPSA) is 69.9 Å². The van der Waals surface area contributed by atoms with E-state index in [9.17, 15) is 0 Å². The van der Waals surface area contributed by atoms with Gasteiger partial charge in [0.2, 0.25) is 0 Å². The van der Waals surface area contributed by atoms with Gasteiger partial charge in [-0.3, -0.25) is 0 Å². The van der Waals surface area contributed by atoms with E-state index in [0.717, 1.165) is 0 Å². The van der Waals surface area contributed by atoms with Crippen LogP contribution >= 0.6 is 0 Å². The third-order valence-electron chi connectivity index (χ3n) is 0.0645. The zero-order valence-electron chi connectivity index (χ0n) is 7.87. The fraction of sp³-hybridized carbons (Fsp3) is 0.571. The first-order valence-corrected chi connectivity index (χ1v) is 2.79. The molecule has 0 saturated heterocycles. The molecule has 0 aromatic carbocycles. The molecule has 0 spiro atoms. The molecule has 0 amide bonds. The van der Waals surface area contributed by atoms with E-state index < -0.39 is 0 Å².